The molecule has 0 amide bonds. The summed E-state index contributed by atoms with van der Waals surface area (Å²) in [6.45, 7) is 6.28. The van der Waals surface area contributed by atoms with Crippen molar-refractivity contribution in [2.45, 2.75) is 12.1 Å². The largest absolute Gasteiger partial charge is 0.494 e. The molecular formula is C14H14N4OS. The quantitative estimate of drug-likeness (QED) is 0.576. The van der Waals surface area contributed by atoms with Crippen molar-refractivity contribution in [2.24, 2.45) is 0 Å². The first-order valence-corrected chi connectivity index (χ1v) is 7.33. The van der Waals surface area contributed by atoms with E-state index in [1.165, 1.54) is 11.8 Å². The Labute approximate surface area is 120 Å². The normalized spacial score (nSPS) is 11.1. The summed E-state index contributed by atoms with van der Waals surface area (Å²) in [5, 5.41) is 10.0. The molecule has 0 unspecified atom stereocenters. The van der Waals surface area contributed by atoms with E-state index in [0.717, 1.165) is 33.6 Å². The lowest BCUT2D eigenvalue weighted by Gasteiger charge is -2.01. The zero-order chi connectivity index (χ0) is 13.9. The minimum Gasteiger partial charge on any atom is -0.494 e. The Kier molecular flexibility index (Phi) is 3.56. The number of H-pyrrole nitrogens is 1. The average Bonchev–Trinajstić information content (AvgIpc) is 2.82. The van der Waals surface area contributed by atoms with E-state index in [2.05, 4.69) is 26.7 Å². The van der Waals surface area contributed by atoms with E-state index in [9.17, 15) is 0 Å². The number of thioether (sulfide) groups is 1. The van der Waals surface area contributed by atoms with Crippen molar-refractivity contribution >= 4 is 33.8 Å². The van der Waals surface area contributed by atoms with Crippen LogP contribution in [0.3, 0.4) is 0 Å². The molecule has 0 spiro atoms. The number of benzene rings is 1. The van der Waals surface area contributed by atoms with Crippen LogP contribution in [0.2, 0.25) is 0 Å². The zero-order valence-electron chi connectivity index (χ0n) is 11.1. The molecule has 5 nitrogen and oxygen atoms in total. The second-order valence-corrected chi connectivity index (χ2v) is 5.14. The van der Waals surface area contributed by atoms with Gasteiger partial charge >= 0.3 is 0 Å². The van der Waals surface area contributed by atoms with Crippen LogP contribution in [0.1, 0.15) is 6.92 Å². The predicted molar refractivity (Wildman–Crippen MR) is 81.3 cm³/mol. The highest BCUT2D eigenvalue weighted by Crippen LogP contribution is 2.27. The van der Waals surface area contributed by atoms with Gasteiger partial charge in [0, 0.05) is 16.7 Å². The van der Waals surface area contributed by atoms with E-state index in [4.69, 9.17) is 4.74 Å². The van der Waals surface area contributed by atoms with Crippen molar-refractivity contribution in [3.8, 4) is 5.75 Å². The van der Waals surface area contributed by atoms with Gasteiger partial charge < -0.3 is 9.72 Å². The van der Waals surface area contributed by atoms with Crippen LogP contribution in [0, 0.1) is 0 Å². The third-order valence-corrected chi connectivity index (χ3v) is 3.64. The lowest BCUT2D eigenvalue weighted by atomic mass is 10.2. The molecule has 6 heteroatoms. The van der Waals surface area contributed by atoms with Crippen LogP contribution < -0.4 is 4.74 Å². The van der Waals surface area contributed by atoms with Gasteiger partial charge in [0.15, 0.2) is 5.65 Å². The topological polar surface area (TPSA) is 63.7 Å². The van der Waals surface area contributed by atoms with Gasteiger partial charge in [-0.15, -0.1) is 16.8 Å². The first kappa shape index (κ1) is 12.9. The smallest absolute Gasteiger partial charge is 0.211 e. The summed E-state index contributed by atoms with van der Waals surface area (Å²) in [5.74, 6) is 1.59. The summed E-state index contributed by atoms with van der Waals surface area (Å²) in [7, 11) is 0. The highest BCUT2D eigenvalue weighted by Gasteiger charge is 2.10. The molecule has 2 aromatic heterocycles. The Morgan fingerprint density at radius 2 is 2.30 bits per heavy atom. The van der Waals surface area contributed by atoms with Gasteiger partial charge in [-0.25, -0.2) is 4.98 Å². The standard InChI is InChI=1S/C14H14N4OS/c1-3-7-20-14-16-13-12(17-18-14)10-8-9(19-4-2)5-6-11(10)15-13/h3,5-6,8H,1,4,7H2,2H3,(H,15,16,18). The predicted octanol–water partition coefficient (Wildman–Crippen LogP) is 3.18. The maximum atomic E-state index is 5.51. The van der Waals surface area contributed by atoms with Crippen LogP contribution in [0.4, 0.5) is 0 Å². The maximum Gasteiger partial charge on any atom is 0.211 e. The fraction of sp³-hybridized carbons (Fsp3) is 0.214. The molecule has 0 fully saturated rings. The van der Waals surface area contributed by atoms with Crippen LogP contribution in [0.25, 0.3) is 22.1 Å². The Balaban J connectivity index is 2.08. The Morgan fingerprint density at radius 1 is 1.40 bits per heavy atom. The molecule has 0 saturated carbocycles. The van der Waals surface area contributed by atoms with Crippen molar-refractivity contribution in [1.29, 1.82) is 0 Å². The Morgan fingerprint density at radius 3 is 3.10 bits per heavy atom. The van der Waals surface area contributed by atoms with Crippen LogP contribution >= 0.6 is 11.8 Å². The van der Waals surface area contributed by atoms with E-state index in [0.29, 0.717) is 11.8 Å². The monoisotopic (exact) mass is 286 g/mol. The van der Waals surface area contributed by atoms with Crippen LogP contribution in [0.5, 0.6) is 5.75 Å². The van der Waals surface area contributed by atoms with Crippen LogP contribution in [-0.4, -0.2) is 32.5 Å². The van der Waals surface area contributed by atoms with Gasteiger partial charge in [0.2, 0.25) is 5.16 Å². The molecule has 102 valence electrons. The molecule has 2 heterocycles. The molecule has 0 aliphatic carbocycles. The summed E-state index contributed by atoms with van der Waals surface area (Å²) >= 11 is 1.51. The zero-order valence-corrected chi connectivity index (χ0v) is 11.9. The number of nitrogens with zero attached hydrogens (tertiary/aromatic N) is 3. The summed E-state index contributed by atoms with van der Waals surface area (Å²) in [4.78, 5) is 7.73. The molecular weight excluding hydrogens is 272 g/mol. The maximum absolute atomic E-state index is 5.51. The molecule has 0 atom stereocenters. The third kappa shape index (κ3) is 2.34. The molecule has 20 heavy (non-hydrogen) atoms. The number of aromatic amines is 1. The van der Waals surface area contributed by atoms with E-state index in [1.807, 2.05) is 31.2 Å². The molecule has 0 aliphatic heterocycles. The Hall–Kier alpha value is -2.08. The van der Waals surface area contributed by atoms with Gasteiger partial charge in [0.05, 0.1) is 6.61 Å². The van der Waals surface area contributed by atoms with Crippen molar-refractivity contribution in [2.75, 3.05) is 12.4 Å². The summed E-state index contributed by atoms with van der Waals surface area (Å²) in [5.41, 5.74) is 2.50. The minimum atomic E-state index is 0.639. The average molecular weight is 286 g/mol. The summed E-state index contributed by atoms with van der Waals surface area (Å²) < 4.78 is 5.51. The SMILES string of the molecule is C=CCSc1nnc2c(n1)[nH]c1ccc(OCC)cc12. The highest BCUT2D eigenvalue weighted by atomic mass is 32.2. The molecule has 3 rings (SSSR count). The van der Waals surface area contributed by atoms with E-state index in [1.54, 1.807) is 0 Å². The summed E-state index contributed by atoms with van der Waals surface area (Å²) in [6.07, 6.45) is 1.82. The summed E-state index contributed by atoms with van der Waals surface area (Å²) in [6, 6.07) is 5.87. The first-order valence-electron chi connectivity index (χ1n) is 6.34. The van der Waals surface area contributed by atoms with Crippen molar-refractivity contribution in [1.82, 2.24) is 20.2 Å². The molecule has 0 radical (unpaired) electrons. The van der Waals surface area contributed by atoms with Gasteiger partial charge in [-0.3, -0.25) is 0 Å². The molecule has 3 aromatic rings. The number of rotatable bonds is 5. The van der Waals surface area contributed by atoms with Gasteiger partial charge in [-0.1, -0.05) is 17.8 Å². The van der Waals surface area contributed by atoms with Crippen molar-refractivity contribution in [3.05, 3.63) is 30.9 Å². The minimum absolute atomic E-state index is 0.639. The van der Waals surface area contributed by atoms with Crippen LogP contribution in [0.15, 0.2) is 36.0 Å². The second kappa shape index (κ2) is 5.50. The lowest BCUT2D eigenvalue weighted by molar-refractivity contribution is 0.341. The fourth-order valence-corrected chi connectivity index (χ4v) is 2.51. The van der Waals surface area contributed by atoms with E-state index in [-0.39, 0.29) is 0 Å². The van der Waals surface area contributed by atoms with E-state index >= 15 is 0 Å². The molecule has 1 aromatic carbocycles. The fourth-order valence-electron chi connectivity index (χ4n) is 1.99. The van der Waals surface area contributed by atoms with Gasteiger partial charge in [0.25, 0.3) is 0 Å². The number of ether oxygens (including phenoxy) is 1. The highest BCUT2D eigenvalue weighted by molar-refractivity contribution is 7.99. The lowest BCUT2D eigenvalue weighted by Crippen LogP contribution is -1.92. The van der Waals surface area contributed by atoms with Gasteiger partial charge in [-0.2, -0.15) is 0 Å². The third-order valence-electron chi connectivity index (χ3n) is 2.81. The molecule has 0 saturated heterocycles. The number of fused-ring (bicyclic) bond motifs is 3. The molecule has 0 aliphatic rings. The number of hydrogen-bond donors (Lipinski definition) is 1. The number of aromatic nitrogens is 4. The van der Waals surface area contributed by atoms with Gasteiger partial charge in [-0.05, 0) is 25.1 Å². The van der Waals surface area contributed by atoms with Crippen LogP contribution in [-0.2, 0) is 0 Å². The van der Waals surface area contributed by atoms with Crippen molar-refractivity contribution < 1.29 is 4.74 Å². The second-order valence-electron chi connectivity index (χ2n) is 4.16. The first-order chi connectivity index (χ1) is 9.81. The number of nitrogens with one attached hydrogen (secondary N) is 1. The Bertz CT molecular complexity index is 768. The molecule has 0 bridgehead atoms. The molecule has 1 N–H and O–H groups in total. The van der Waals surface area contributed by atoms with E-state index < -0.39 is 0 Å². The number of hydrogen-bond acceptors (Lipinski definition) is 5. The van der Waals surface area contributed by atoms with Crippen molar-refractivity contribution in [3.63, 3.8) is 0 Å². The van der Waals surface area contributed by atoms with Gasteiger partial charge in [0.1, 0.15) is 11.3 Å².